The molecule has 0 fully saturated rings. The van der Waals surface area contributed by atoms with Crippen LogP contribution in [0.2, 0.25) is 0 Å². The molecule has 2 aromatic heterocycles. The Morgan fingerprint density at radius 3 is 2.44 bits per heavy atom. The highest BCUT2D eigenvalue weighted by molar-refractivity contribution is 6.08. The van der Waals surface area contributed by atoms with Crippen LogP contribution >= 0.6 is 0 Å². The van der Waals surface area contributed by atoms with Crippen LogP contribution in [0.4, 0.5) is 5.82 Å². The van der Waals surface area contributed by atoms with E-state index in [-0.39, 0.29) is 5.91 Å². The van der Waals surface area contributed by atoms with E-state index in [4.69, 9.17) is 0 Å². The summed E-state index contributed by atoms with van der Waals surface area (Å²) >= 11 is 0. The third kappa shape index (κ3) is 2.97. The Labute approximate surface area is 144 Å². The molecule has 1 amide bonds. The van der Waals surface area contributed by atoms with Gasteiger partial charge in [0.05, 0.1) is 18.1 Å². The molecule has 0 unspecified atom stereocenters. The van der Waals surface area contributed by atoms with Gasteiger partial charge in [0.25, 0.3) is 5.91 Å². The first-order valence-electron chi connectivity index (χ1n) is 7.88. The molecule has 0 spiro atoms. The second kappa shape index (κ2) is 6.52. The summed E-state index contributed by atoms with van der Waals surface area (Å²) in [6, 6.07) is 19.0. The predicted octanol–water partition coefficient (Wildman–Crippen LogP) is 3.20. The minimum Gasteiger partial charge on any atom is -0.287 e. The van der Waals surface area contributed by atoms with E-state index in [0.29, 0.717) is 29.0 Å². The fourth-order valence-corrected chi connectivity index (χ4v) is 2.71. The first-order chi connectivity index (χ1) is 12.3. The van der Waals surface area contributed by atoms with Crippen molar-refractivity contribution < 1.29 is 4.79 Å². The first kappa shape index (κ1) is 15.0. The molecule has 1 N–H and O–H groups in total. The third-order valence-corrected chi connectivity index (χ3v) is 3.93. The minimum absolute atomic E-state index is 0.120. The van der Waals surface area contributed by atoms with Gasteiger partial charge in [0.1, 0.15) is 12.1 Å². The van der Waals surface area contributed by atoms with Crippen molar-refractivity contribution >= 4 is 22.8 Å². The number of benzene rings is 2. The first-order valence-corrected chi connectivity index (χ1v) is 7.88. The molecule has 0 radical (unpaired) electrons. The van der Waals surface area contributed by atoms with Gasteiger partial charge in [0, 0.05) is 5.56 Å². The van der Waals surface area contributed by atoms with Gasteiger partial charge in [-0.3, -0.25) is 14.8 Å². The molecular weight excluding hydrogens is 314 g/mol. The quantitative estimate of drug-likeness (QED) is 0.624. The number of anilines is 1. The zero-order chi connectivity index (χ0) is 17.1. The normalized spacial score (nSPS) is 10.7. The van der Waals surface area contributed by atoms with Crippen LogP contribution < -0.4 is 4.90 Å². The van der Waals surface area contributed by atoms with E-state index in [1.165, 1.54) is 6.33 Å². The van der Waals surface area contributed by atoms with Crippen molar-refractivity contribution in [3.63, 3.8) is 0 Å². The van der Waals surface area contributed by atoms with E-state index in [2.05, 4.69) is 20.2 Å². The zero-order valence-electron chi connectivity index (χ0n) is 13.3. The number of aromatic nitrogens is 4. The Morgan fingerprint density at radius 2 is 1.68 bits per heavy atom. The molecule has 122 valence electrons. The lowest BCUT2D eigenvalue weighted by atomic mass is 10.1. The van der Waals surface area contributed by atoms with Crippen molar-refractivity contribution in [3.05, 3.63) is 84.3 Å². The van der Waals surface area contributed by atoms with Gasteiger partial charge in [0.2, 0.25) is 0 Å². The number of aromatic amines is 1. The second-order valence-electron chi connectivity index (χ2n) is 5.57. The van der Waals surface area contributed by atoms with Gasteiger partial charge >= 0.3 is 0 Å². The molecule has 25 heavy (non-hydrogen) atoms. The van der Waals surface area contributed by atoms with E-state index in [1.807, 2.05) is 48.5 Å². The molecule has 0 aliphatic heterocycles. The number of nitrogens with zero attached hydrogens (tertiary/aromatic N) is 4. The van der Waals surface area contributed by atoms with Crippen LogP contribution in [0.3, 0.4) is 0 Å². The summed E-state index contributed by atoms with van der Waals surface area (Å²) in [5.41, 5.74) is 2.22. The van der Waals surface area contributed by atoms with Crippen molar-refractivity contribution in [1.82, 2.24) is 20.2 Å². The Morgan fingerprint density at radius 1 is 0.960 bits per heavy atom. The standard InChI is InChI=1S/C19H15N5O/c25-19(15-9-5-2-6-10-15)24(12-14-7-3-1-4-8-14)18-16-11-22-23-17(16)20-13-21-18/h1-11,13H,12H2,(H,20,21,22,23). The van der Waals surface area contributed by atoms with Crippen molar-refractivity contribution in [1.29, 1.82) is 0 Å². The summed E-state index contributed by atoms with van der Waals surface area (Å²) in [6.45, 7) is 0.409. The molecular formula is C19H15N5O. The molecule has 2 aromatic carbocycles. The van der Waals surface area contributed by atoms with Crippen LogP contribution in [0.25, 0.3) is 11.0 Å². The highest BCUT2D eigenvalue weighted by Gasteiger charge is 2.22. The van der Waals surface area contributed by atoms with Gasteiger partial charge < -0.3 is 0 Å². The van der Waals surface area contributed by atoms with Crippen molar-refractivity contribution in [3.8, 4) is 0 Å². The molecule has 6 nitrogen and oxygen atoms in total. The maximum Gasteiger partial charge on any atom is 0.259 e. The Bertz CT molecular complexity index is 998. The second-order valence-corrected chi connectivity index (χ2v) is 5.57. The smallest absolute Gasteiger partial charge is 0.259 e. The summed E-state index contributed by atoms with van der Waals surface area (Å²) in [6.07, 6.45) is 3.08. The van der Waals surface area contributed by atoms with Gasteiger partial charge in [0.15, 0.2) is 5.65 Å². The maximum atomic E-state index is 13.2. The zero-order valence-corrected chi connectivity index (χ0v) is 13.3. The van der Waals surface area contributed by atoms with Crippen LogP contribution in [0.15, 0.2) is 73.2 Å². The number of nitrogens with one attached hydrogen (secondary N) is 1. The third-order valence-electron chi connectivity index (χ3n) is 3.93. The molecule has 0 aliphatic carbocycles. The number of fused-ring (bicyclic) bond motifs is 1. The average Bonchev–Trinajstić information content (AvgIpc) is 3.16. The number of amides is 1. The molecule has 0 bridgehead atoms. The Kier molecular flexibility index (Phi) is 3.92. The number of carbonyl (C=O) groups is 1. The maximum absolute atomic E-state index is 13.2. The summed E-state index contributed by atoms with van der Waals surface area (Å²) in [5.74, 6) is 0.419. The van der Waals surface area contributed by atoms with Crippen LogP contribution in [0.5, 0.6) is 0 Å². The topological polar surface area (TPSA) is 74.8 Å². The molecule has 4 aromatic rings. The highest BCUT2D eigenvalue weighted by Crippen LogP contribution is 2.24. The van der Waals surface area contributed by atoms with Crippen molar-refractivity contribution in [2.24, 2.45) is 0 Å². The summed E-state index contributed by atoms with van der Waals surface area (Å²) < 4.78 is 0. The van der Waals surface area contributed by atoms with Crippen LogP contribution in [0, 0.1) is 0 Å². The van der Waals surface area contributed by atoms with E-state index in [9.17, 15) is 4.79 Å². The van der Waals surface area contributed by atoms with Gasteiger partial charge in [-0.15, -0.1) is 0 Å². The van der Waals surface area contributed by atoms with Gasteiger partial charge in [-0.05, 0) is 17.7 Å². The fraction of sp³-hybridized carbons (Fsp3) is 0.0526. The van der Waals surface area contributed by atoms with E-state index < -0.39 is 0 Å². The van der Waals surface area contributed by atoms with Crippen molar-refractivity contribution in [2.45, 2.75) is 6.54 Å². The van der Waals surface area contributed by atoms with Gasteiger partial charge in [-0.2, -0.15) is 5.10 Å². The predicted molar refractivity (Wildman–Crippen MR) is 95.1 cm³/mol. The van der Waals surface area contributed by atoms with Gasteiger partial charge in [-0.25, -0.2) is 9.97 Å². The lowest BCUT2D eigenvalue weighted by Gasteiger charge is -2.22. The lowest BCUT2D eigenvalue weighted by Crippen LogP contribution is -2.31. The Balaban J connectivity index is 1.81. The number of H-pyrrole nitrogens is 1. The number of hydrogen-bond acceptors (Lipinski definition) is 4. The SMILES string of the molecule is O=C(c1ccccc1)N(Cc1ccccc1)c1ncnc2[nH]ncc12. The summed E-state index contributed by atoms with van der Waals surface area (Å²) in [5, 5.41) is 7.55. The fourth-order valence-electron chi connectivity index (χ4n) is 2.71. The van der Waals surface area contributed by atoms with E-state index in [1.54, 1.807) is 23.2 Å². The highest BCUT2D eigenvalue weighted by atomic mass is 16.2. The van der Waals surface area contributed by atoms with E-state index >= 15 is 0 Å². The molecule has 0 atom stereocenters. The number of carbonyl (C=O) groups excluding carboxylic acids is 1. The molecule has 2 heterocycles. The molecule has 0 saturated heterocycles. The summed E-state index contributed by atoms with van der Waals surface area (Å²) in [4.78, 5) is 23.3. The average molecular weight is 329 g/mol. The monoisotopic (exact) mass is 329 g/mol. The van der Waals surface area contributed by atoms with E-state index in [0.717, 1.165) is 5.56 Å². The molecule has 6 heteroatoms. The molecule has 4 rings (SSSR count). The number of hydrogen-bond donors (Lipinski definition) is 1. The largest absolute Gasteiger partial charge is 0.287 e. The van der Waals surface area contributed by atoms with Crippen molar-refractivity contribution in [2.75, 3.05) is 4.90 Å². The number of rotatable bonds is 4. The summed E-state index contributed by atoms with van der Waals surface area (Å²) in [7, 11) is 0. The van der Waals surface area contributed by atoms with Crippen LogP contribution in [-0.2, 0) is 6.54 Å². The minimum atomic E-state index is -0.120. The lowest BCUT2D eigenvalue weighted by molar-refractivity contribution is 0.0984. The molecule has 0 aliphatic rings. The molecule has 0 saturated carbocycles. The van der Waals surface area contributed by atoms with Crippen LogP contribution in [-0.4, -0.2) is 26.1 Å². The van der Waals surface area contributed by atoms with Crippen LogP contribution in [0.1, 0.15) is 15.9 Å². The Hall–Kier alpha value is -3.54. The van der Waals surface area contributed by atoms with Gasteiger partial charge in [-0.1, -0.05) is 48.5 Å².